The van der Waals surface area contributed by atoms with Gasteiger partial charge < -0.3 is 10.6 Å². The number of pyridine rings is 1. The van der Waals surface area contributed by atoms with Gasteiger partial charge in [-0.3, -0.25) is 9.78 Å². The first kappa shape index (κ1) is 21.1. The summed E-state index contributed by atoms with van der Waals surface area (Å²) in [5, 5.41) is 5.69. The highest BCUT2D eigenvalue weighted by Crippen LogP contribution is 2.38. The van der Waals surface area contributed by atoms with Crippen molar-refractivity contribution in [2.24, 2.45) is 0 Å². The van der Waals surface area contributed by atoms with E-state index >= 15 is 0 Å². The fourth-order valence-corrected chi connectivity index (χ4v) is 3.05. The van der Waals surface area contributed by atoms with Gasteiger partial charge >= 0.3 is 12.4 Å². The molecule has 1 aliphatic rings. The van der Waals surface area contributed by atoms with Gasteiger partial charge in [-0.2, -0.15) is 26.3 Å². The number of amides is 1. The molecule has 1 amide bonds. The second kappa shape index (κ2) is 8.02. The molecule has 2 N–H and O–H groups in total. The standard InChI is InChI=1S/C19H17F6N3O/c20-18(21,22)12-7-11(8-13(9-12)19(23,24)25)15-4-1-3-14(28-15)10-27-17(29)16-5-2-6-26-16/h1,3-4,7-9,16,26H,2,5-6,10H2,(H,27,29)/t16-/m0/s1. The highest BCUT2D eigenvalue weighted by atomic mass is 19.4. The second-order valence-corrected chi connectivity index (χ2v) is 6.68. The summed E-state index contributed by atoms with van der Waals surface area (Å²) < 4.78 is 78.3. The molecule has 156 valence electrons. The van der Waals surface area contributed by atoms with Crippen molar-refractivity contribution in [3.05, 3.63) is 53.2 Å². The van der Waals surface area contributed by atoms with E-state index in [1.165, 1.54) is 18.2 Å². The first-order chi connectivity index (χ1) is 13.5. The molecule has 3 rings (SSSR count). The Hall–Kier alpha value is -2.62. The van der Waals surface area contributed by atoms with Crippen LogP contribution in [0.5, 0.6) is 0 Å². The van der Waals surface area contributed by atoms with Crippen LogP contribution in [0.1, 0.15) is 29.7 Å². The van der Waals surface area contributed by atoms with Crippen LogP contribution in [0.25, 0.3) is 11.3 Å². The topological polar surface area (TPSA) is 54.0 Å². The summed E-state index contributed by atoms with van der Waals surface area (Å²) >= 11 is 0. The largest absolute Gasteiger partial charge is 0.416 e. The normalized spacial score (nSPS) is 17.4. The molecule has 10 heteroatoms. The van der Waals surface area contributed by atoms with Gasteiger partial charge in [0, 0.05) is 5.56 Å². The minimum Gasteiger partial charge on any atom is -0.349 e. The zero-order valence-electron chi connectivity index (χ0n) is 15.0. The molecule has 0 bridgehead atoms. The maximum atomic E-state index is 13.0. The number of benzene rings is 1. The average Bonchev–Trinajstić information content (AvgIpc) is 3.19. The Labute approximate surface area is 162 Å². The van der Waals surface area contributed by atoms with Crippen LogP contribution in [-0.2, 0) is 23.7 Å². The van der Waals surface area contributed by atoms with Gasteiger partial charge in [0.05, 0.1) is 35.1 Å². The average molecular weight is 417 g/mol. The lowest BCUT2D eigenvalue weighted by Crippen LogP contribution is -2.40. The number of alkyl halides is 6. The van der Waals surface area contributed by atoms with Crippen LogP contribution in [0.4, 0.5) is 26.3 Å². The summed E-state index contributed by atoms with van der Waals surface area (Å²) in [6.07, 6.45) is -8.29. The van der Waals surface area contributed by atoms with Gasteiger partial charge in [-0.25, -0.2) is 0 Å². The molecule has 2 heterocycles. The first-order valence-electron chi connectivity index (χ1n) is 8.81. The quantitative estimate of drug-likeness (QED) is 0.735. The molecular formula is C19H17F6N3O. The van der Waals surface area contributed by atoms with Crippen molar-refractivity contribution in [1.29, 1.82) is 0 Å². The van der Waals surface area contributed by atoms with Gasteiger partial charge in [0.2, 0.25) is 5.91 Å². The number of aromatic nitrogens is 1. The van der Waals surface area contributed by atoms with E-state index in [0.29, 0.717) is 24.2 Å². The predicted molar refractivity (Wildman–Crippen MR) is 92.5 cm³/mol. The molecule has 2 aromatic rings. The van der Waals surface area contributed by atoms with E-state index < -0.39 is 23.5 Å². The van der Waals surface area contributed by atoms with Crippen LogP contribution in [0.3, 0.4) is 0 Å². The molecule has 1 aromatic heterocycles. The van der Waals surface area contributed by atoms with E-state index in [0.717, 1.165) is 13.0 Å². The van der Waals surface area contributed by atoms with E-state index in [1.54, 1.807) is 0 Å². The monoisotopic (exact) mass is 417 g/mol. The van der Waals surface area contributed by atoms with Crippen molar-refractivity contribution in [1.82, 2.24) is 15.6 Å². The summed E-state index contributed by atoms with van der Waals surface area (Å²) in [5.41, 5.74) is -2.85. The van der Waals surface area contributed by atoms with Crippen LogP contribution >= 0.6 is 0 Å². The fourth-order valence-electron chi connectivity index (χ4n) is 3.05. The molecule has 0 spiro atoms. The van der Waals surface area contributed by atoms with Crippen LogP contribution in [0.2, 0.25) is 0 Å². The smallest absolute Gasteiger partial charge is 0.349 e. The number of nitrogens with zero attached hydrogens (tertiary/aromatic N) is 1. The number of hydrogen-bond acceptors (Lipinski definition) is 3. The van der Waals surface area contributed by atoms with Crippen LogP contribution in [-0.4, -0.2) is 23.5 Å². The molecule has 0 radical (unpaired) electrons. The highest BCUT2D eigenvalue weighted by Gasteiger charge is 2.37. The number of hydrogen-bond donors (Lipinski definition) is 2. The molecule has 1 fully saturated rings. The lowest BCUT2D eigenvalue weighted by Gasteiger charge is -2.15. The Balaban J connectivity index is 1.86. The van der Waals surface area contributed by atoms with E-state index in [1.807, 2.05) is 0 Å². The van der Waals surface area contributed by atoms with Crippen molar-refractivity contribution in [2.45, 2.75) is 37.8 Å². The van der Waals surface area contributed by atoms with Gasteiger partial charge in [-0.15, -0.1) is 0 Å². The Morgan fingerprint density at radius 2 is 1.72 bits per heavy atom. The minimum atomic E-state index is -4.93. The van der Waals surface area contributed by atoms with E-state index in [4.69, 9.17) is 0 Å². The summed E-state index contributed by atoms with van der Waals surface area (Å²) in [6, 6.07) is 5.33. The molecular weight excluding hydrogens is 400 g/mol. The van der Waals surface area contributed by atoms with Crippen molar-refractivity contribution >= 4 is 5.91 Å². The van der Waals surface area contributed by atoms with Gasteiger partial charge in [0.1, 0.15) is 0 Å². The van der Waals surface area contributed by atoms with E-state index in [2.05, 4.69) is 15.6 Å². The fraction of sp³-hybridized carbons (Fsp3) is 0.368. The van der Waals surface area contributed by atoms with Crippen molar-refractivity contribution in [2.75, 3.05) is 6.54 Å². The number of rotatable bonds is 4. The summed E-state index contributed by atoms with van der Waals surface area (Å²) in [4.78, 5) is 16.2. The summed E-state index contributed by atoms with van der Waals surface area (Å²) in [5.74, 6) is -0.229. The number of carbonyl (C=O) groups is 1. The maximum Gasteiger partial charge on any atom is 0.416 e. The molecule has 4 nitrogen and oxygen atoms in total. The third kappa shape index (κ3) is 5.26. The summed E-state index contributed by atoms with van der Waals surface area (Å²) in [7, 11) is 0. The van der Waals surface area contributed by atoms with Crippen molar-refractivity contribution in [3.63, 3.8) is 0 Å². The minimum absolute atomic E-state index is 0.00986. The first-order valence-corrected chi connectivity index (χ1v) is 8.81. The predicted octanol–water partition coefficient (Wildman–Crippen LogP) is 4.15. The van der Waals surface area contributed by atoms with Crippen molar-refractivity contribution in [3.8, 4) is 11.3 Å². The van der Waals surface area contributed by atoms with E-state index in [-0.39, 0.29) is 35.8 Å². The third-order valence-electron chi connectivity index (χ3n) is 4.51. The van der Waals surface area contributed by atoms with Gasteiger partial charge in [-0.1, -0.05) is 6.07 Å². The van der Waals surface area contributed by atoms with E-state index in [9.17, 15) is 31.1 Å². The highest BCUT2D eigenvalue weighted by molar-refractivity contribution is 5.81. The van der Waals surface area contributed by atoms with Crippen LogP contribution in [0.15, 0.2) is 36.4 Å². The second-order valence-electron chi connectivity index (χ2n) is 6.68. The molecule has 1 atom stereocenters. The molecule has 1 aliphatic heterocycles. The van der Waals surface area contributed by atoms with Gasteiger partial charge in [0.25, 0.3) is 0 Å². The Bertz CT molecular complexity index is 856. The number of carbonyl (C=O) groups excluding carboxylic acids is 1. The zero-order chi connectivity index (χ0) is 21.2. The molecule has 0 saturated carbocycles. The van der Waals surface area contributed by atoms with Gasteiger partial charge in [0.15, 0.2) is 0 Å². The Morgan fingerprint density at radius 3 is 2.28 bits per heavy atom. The maximum absolute atomic E-state index is 13.0. The lowest BCUT2D eigenvalue weighted by molar-refractivity contribution is -0.143. The van der Waals surface area contributed by atoms with Crippen molar-refractivity contribution < 1.29 is 31.1 Å². The Kier molecular flexibility index (Phi) is 5.83. The number of nitrogens with one attached hydrogen (secondary N) is 2. The molecule has 29 heavy (non-hydrogen) atoms. The number of halogens is 6. The summed E-state index contributed by atoms with van der Waals surface area (Å²) in [6.45, 7) is 0.749. The molecule has 0 aliphatic carbocycles. The van der Waals surface area contributed by atoms with Crippen LogP contribution < -0.4 is 10.6 Å². The molecule has 0 unspecified atom stereocenters. The third-order valence-corrected chi connectivity index (χ3v) is 4.51. The van der Waals surface area contributed by atoms with Crippen LogP contribution in [0, 0.1) is 0 Å². The SMILES string of the molecule is O=C(NCc1cccc(-c2cc(C(F)(F)F)cc(C(F)(F)F)c2)n1)[C@@H]1CCCN1. The lowest BCUT2D eigenvalue weighted by atomic mass is 10.0. The van der Waals surface area contributed by atoms with Gasteiger partial charge in [-0.05, 0) is 49.7 Å². The zero-order valence-corrected chi connectivity index (χ0v) is 15.0. The molecule has 1 saturated heterocycles. The molecule has 1 aromatic carbocycles. The Morgan fingerprint density at radius 1 is 1.07 bits per heavy atom.